The van der Waals surface area contributed by atoms with Crippen molar-refractivity contribution in [2.75, 3.05) is 18.0 Å². The van der Waals surface area contributed by atoms with E-state index >= 15 is 0 Å². The van der Waals surface area contributed by atoms with Crippen LogP contribution in [0, 0.1) is 0 Å². The lowest BCUT2D eigenvalue weighted by Crippen LogP contribution is -2.23. The summed E-state index contributed by atoms with van der Waals surface area (Å²) in [5.41, 5.74) is 1.10. The summed E-state index contributed by atoms with van der Waals surface area (Å²) in [4.78, 5) is 6.83. The molecule has 0 spiro atoms. The number of halogens is 1. The minimum atomic E-state index is 0.506. The van der Waals surface area contributed by atoms with Crippen molar-refractivity contribution >= 4 is 28.2 Å². The molecule has 2 nitrogen and oxygen atoms in total. The highest BCUT2D eigenvalue weighted by Gasteiger charge is 2.10. The Hall–Kier alpha value is -1.28. The first-order chi connectivity index (χ1) is 8.31. The van der Waals surface area contributed by atoms with E-state index in [2.05, 4.69) is 41.9 Å². The first-order valence-corrected chi connectivity index (χ1v) is 6.52. The standard InChI is InChI=1S/C14H17ClN2/c1-3-17(4-2)14-13-8-6-5-7-12(13)11(9-15)10-16-14/h5-8,10H,3-4,9H2,1-2H3. The molecule has 0 aliphatic carbocycles. The number of pyridine rings is 1. The van der Waals surface area contributed by atoms with E-state index in [1.54, 1.807) is 0 Å². The summed E-state index contributed by atoms with van der Waals surface area (Å²) in [7, 11) is 0. The molecule has 0 radical (unpaired) electrons. The van der Waals surface area contributed by atoms with Gasteiger partial charge in [-0.25, -0.2) is 4.98 Å². The fourth-order valence-electron chi connectivity index (χ4n) is 2.12. The molecule has 3 heteroatoms. The summed E-state index contributed by atoms with van der Waals surface area (Å²) in [5.74, 6) is 1.56. The van der Waals surface area contributed by atoms with Crippen LogP contribution >= 0.6 is 11.6 Å². The third kappa shape index (κ3) is 2.22. The van der Waals surface area contributed by atoms with E-state index in [9.17, 15) is 0 Å². The van der Waals surface area contributed by atoms with Crippen molar-refractivity contribution in [3.05, 3.63) is 36.0 Å². The first-order valence-electron chi connectivity index (χ1n) is 5.99. The number of anilines is 1. The van der Waals surface area contributed by atoms with Gasteiger partial charge in [0.05, 0.1) is 0 Å². The maximum atomic E-state index is 5.95. The van der Waals surface area contributed by atoms with Gasteiger partial charge in [-0.2, -0.15) is 0 Å². The van der Waals surface area contributed by atoms with Crippen molar-refractivity contribution in [2.24, 2.45) is 0 Å². The molecule has 1 heterocycles. The average Bonchev–Trinajstić information content (AvgIpc) is 2.40. The lowest BCUT2D eigenvalue weighted by molar-refractivity contribution is 0.851. The summed E-state index contributed by atoms with van der Waals surface area (Å²) in [6.07, 6.45) is 1.89. The van der Waals surface area contributed by atoms with Gasteiger partial charge in [-0.1, -0.05) is 24.3 Å². The normalized spacial score (nSPS) is 10.8. The maximum absolute atomic E-state index is 5.95. The zero-order valence-corrected chi connectivity index (χ0v) is 11.0. The minimum absolute atomic E-state index is 0.506. The number of hydrogen-bond acceptors (Lipinski definition) is 2. The Balaban J connectivity index is 2.66. The van der Waals surface area contributed by atoms with Crippen molar-refractivity contribution in [2.45, 2.75) is 19.7 Å². The second-order valence-corrected chi connectivity index (χ2v) is 4.23. The molecule has 0 bridgehead atoms. The van der Waals surface area contributed by atoms with Crippen LogP contribution in [-0.4, -0.2) is 18.1 Å². The molecule has 90 valence electrons. The van der Waals surface area contributed by atoms with Gasteiger partial charge in [0.15, 0.2) is 0 Å². The Kier molecular flexibility index (Phi) is 3.85. The molecule has 0 fully saturated rings. The van der Waals surface area contributed by atoms with Crippen LogP contribution in [-0.2, 0) is 5.88 Å². The third-order valence-electron chi connectivity index (χ3n) is 3.06. The Morgan fingerprint density at radius 3 is 2.35 bits per heavy atom. The number of fused-ring (bicyclic) bond motifs is 1. The van der Waals surface area contributed by atoms with Gasteiger partial charge in [0.2, 0.25) is 0 Å². The summed E-state index contributed by atoms with van der Waals surface area (Å²) in [5, 5.41) is 2.40. The van der Waals surface area contributed by atoms with Gasteiger partial charge in [-0.3, -0.25) is 0 Å². The highest BCUT2D eigenvalue weighted by atomic mass is 35.5. The molecule has 0 saturated carbocycles. The van der Waals surface area contributed by atoms with E-state index in [1.807, 2.05) is 12.3 Å². The van der Waals surface area contributed by atoms with Crippen molar-refractivity contribution in [3.8, 4) is 0 Å². The SMILES string of the molecule is CCN(CC)c1ncc(CCl)c2ccccc12. The van der Waals surface area contributed by atoms with Crippen LogP contribution in [0.2, 0.25) is 0 Å². The Bertz CT molecular complexity index is 507. The molecule has 0 N–H and O–H groups in total. The number of rotatable bonds is 4. The summed E-state index contributed by atoms with van der Waals surface area (Å²) < 4.78 is 0. The summed E-state index contributed by atoms with van der Waals surface area (Å²) in [6, 6.07) is 8.33. The number of benzene rings is 1. The van der Waals surface area contributed by atoms with Gasteiger partial charge >= 0.3 is 0 Å². The zero-order chi connectivity index (χ0) is 12.3. The predicted octanol–water partition coefficient (Wildman–Crippen LogP) is 3.82. The molecule has 0 unspecified atom stereocenters. The molecule has 0 aliphatic rings. The molecule has 0 amide bonds. The Morgan fingerprint density at radius 1 is 1.12 bits per heavy atom. The van der Waals surface area contributed by atoms with Gasteiger partial charge in [-0.15, -0.1) is 11.6 Å². The maximum Gasteiger partial charge on any atom is 0.136 e. The van der Waals surface area contributed by atoms with Crippen molar-refractivity contribution in [1.29, 1.82) is 0 Å². The van der Waals surface area contributed by atoms with Crippen LogP contribution in [0.5, 0.6) is 0 Å². The van der Waals surface area contributed by atoms with Crippen molar-refractivity contribution < 1.29 is 0 Å². The van der Waals surface area contributed by atoms with E-state index in [1.165, 1.54) is 10.8 Å². The van der Waals surface area contributed by atoms with Crippen molar-refractivity contribution in [1.82, 2.24) is 4.98 Å². The van der Waals surface area contributed by atoms with Gasteiger partial charge in [0, 0.05) is 30.6 Å². The lowest BCUT2D eigenvalue weighted by atomic mass is 10.1. The molecular weight excluding hydrogens is 232 g/mol. The van der Waals surface area contributed by atoms with Crippen LogP contribution in [0.3, 0.4) is 0 Å². The first kappa shape index (κ1) is 12.2. The third-order valence-corrected chi connectivity index (χ3v) is 3.35. The molecule has 1 aromatic carbocycles. The highest BCUT2D eigenvalue weighted by molar-refractivity contribution is 6.18. The van der Waals surface area contributed by atoms with Gasteiger partial charge in [0.1, 0.15) is 5.82 Å². The van der Waals surface area contributed by atoms with E-state index < -0.39 is 0 Å². The van der Waals surface area contributed by atoms with Crippen LogP contribution < -0.4 is 4.90 Å². The fraction of sp³-hybridized carbons (Fsp3) is 0.357. The quantitative estimate of drug-likeness (QED) is 0.765. The average molecular weight is 249 g/mol. The van der Waals surface area contributed by atoms with Gasteiger partial charge in [-0.05, 0) is 24.8 Å². The van der Waals surface area contributed by atoms with E-state index in [0.717, 1.165) is 24.5 Å². The molecular formula is C14H17ClN2. The van der Waals surface area contributed by atoms with Crippen LogP contribution in [0.15, 0.2) is 30.5 Å². The van der Waals surface area contributed by atoms with Crippen LogP contribution in [0.1, 0.15) is 19.4 Å². The molecule has 0 saturated heterocycles. The van der Waals surface area contributed by atoms with Crippen LogP contribution in [0.4, 0.5) is 5.82 Å². The smallest absolute Gasteiger partial charge is 0.136 e. The minimum Gasteiger partial charge on any atom is -0.357 e. The second kappa shape index (κ2) is 5.37. The van der Waals surface area contributed by atoms with E-state index in [0.29, 0.717) is 5.88 Å². The van der Waals surface area contributed by atoms with Gasteiger partial charge < -0.3 is 4.90 Å². The molecule has 2 aromatic rings. The fourth-order valence-corrected chi connectivity index (χ4v) is 2.33. The van der Waals surface area contributed by atoms with E-state index in [-0.39, 0.29) is 0 Å². The molecule has 17 heavy (non-hydrogen) atoms. The largest absolute Gasteiger partial charge is 0.357 e. The number of nitrogens with zero attached hydrogens (tertiary/aromatic N) is 2. The topological polar surface area (TPSA) is 16.1 Å². The second-order valence-electron chi connectivity index (χ2n) is 3.96. The van der Waals surface area contributed by atoms with E-state index in [4.69, 9.17) is 11.6 Å². The monoisotopic (exact) mass is 248 g/mol. The van der Waals surface area contributed by atoms with Crippen LogP contribution in [0.25, 0.3) is 10.8 Å². The predicted molar refractivity (Wildman–Crippen MR) is 74.9 cm³/mol. The number of aromatic nitrogens is 1. The zero-order valence-electron chi connectivity index (χ0n) is 10.3. The highest BCUT2D eigenvalue weighted by Crippen LogP contribution is 2.27. The van der Waals surface area contributed by atoms with Gasteiger partial charge in [0.25, 0.3) is 0 Å². The Morgan fingerprint density at radius 2 is 1.76 bits per heavy atom. The number of alkyl halides is 1. The molecule has 1 aromatic heterocycles. The van der Waals surface area contributed by atoms with Crippen molar-refractivity contribution in [3.63, 3.8) is 0 Å². The summed E-state index contributed by atoms with van der Waals surface area (Å²) >= 11 is 5.95. The lowest BCUT2D eigenvalue weighted by Gasteiger charge is -2.22. The number of hydrogen-bond donors (Lipinski definition) is 0. The summed E-state index contributed by atoms with van der Waals surface area (Å²) in [6.45, 7) is 6.23. The Labute approximate surface area is 107 Å². The molecule has 2 rings (SSSR count). The molecule has 0 atom stereocenters. The molecule has 0 aliphatic heterocycles.